The molecule has 2 N–H and O–H groups in total. The lowest BCUT2D eigenvalue weighted by atomic mass is 9.95. The molecular weight excluding hydrogens is 302 g/mol. The largest absolute Gasteiger partial charge is 0.356 e. The molecule has 122 valence electrons. The molecule has 0 spiro atoms. The van der Waals surface area contributed by atoms with Crippen LogP contribution in [0.5, 0.6) is 0 Å². The Morgan fingerprint density at radius 3 is 2.50 bits per heavy atom. The van der Waals surface area contributed by atoms with Gasteiger partial charge in [0.25, 0.3) is 5.91 Å². The molecule has 0 radical (unpaired) electrons. The predicted octanol–water partition coefficient (Wildman–Crippen LogP) is 1.86. The van der Waals surface area contributed by atoms with Gasteiger partial charge in [-0.25, -0.2) is 8.42 Å². The summed E-state index contributed by atoms with van der Waals surface area (Å²) in [5.74, 6) is -0.213. The van der Waals surface area contributed by atoms with Gasteiger partial charge in [-0.15, -0.1) is 0 Å². The van der Waals surface area contributed by atoms with E-state index < -0.39 is 10.0 Å². The van der Waals surface area contributed by atoms with E-state index in [-0.39, 0.29) is 16.8 Å². The van der Waals surface area contributed by atoms with Crippen molar-refractivity contribution in [3.63, 3.8) is 0 Å². The molecule has 2 aliphatic rings. The third-order valence-electron chi connectivity index (χ3n) is 4.54. The summed E-state index contributed by atoms with van der Waals surface area (Å²) in [6.07, 6.45) is 8.75. The summed E-state index contributed by atoms with van der Waals surface area (Å²) in [6, 6.07) is 1.66. The van der Waals surface area contributed by atoms with Crippen LogP contribution in [-0.2, 0) is 10.0 Å². The van der Waals surface area contributed by atoms with Crippen molar-refractivity contribution in [2.75, 3.05) is 13.1 Å². The summed E-state index contributed by atoms with van der Waals surface area (Å²) in [6.45, 7) is 1.13. The van der Waals surface area contributed by atoms with E-state index in [0.717, 1.165) is 38.5 Å². The molecule has 1 aromatic heterocycles. The highest BCUT2D eigenvalue weighted by Gasteiger charge is 2.29. The van der Waals surface area contributed by atoms with E-state index in [0.29, 0.717) is 18.8 Å². The lowest BCUT2D eigenvalue weighted by Crippen LogP contribution is -2.36. The Morgan fingerprint density at radius 2 is 1.82 bits per heavy atom. The van der Waals surface area contributed by atoms with Crippen molar-refractivity contribution < 1.29 is 13.2 Å². The summed E-state index contributed by atoms with van der Waals surface area (Å²) < 4.78 is 26.4. The van der Waals surface area contributed by atoms with Crippen molar-refractivity contribution in [1.29, 1.82) is 0 Å². The fourth-order valence-corrected chi connectivity index (χ4v) is 4.75. The molecule has 3 rings (SSSR count). The second kappa shape index (κ2) is 6.42. The van der Waals surface area contributed by atoms with Gasteiger partial charge in [-0.3, -0.25) is 4.79 Å². The van der Waals surface area contributed by atoms with Crippen LogP contribution >= 0.6 is 0 Å². The van der Waals surface area contributed by atoms with Crippen LogP contribution in [0.15, 0.2) is 17.2 Å². The van der Waals surface area contributed by atoms with Gasteiger partial charge < -0.3 is 10.3 Å². The third-order valence-corrected chi connectivity index (χ3v) is 6.42. The van der Waals surface area contributed by atoms with Crippen molar-refractivity contribution in [3.05, 3.63) is 18.0 Å². The molecule has 22 heavy (non-hydrogen) atoms. The van der Waals surface area contributed by atoms with Gasteiger partial charge in [0, 0.05) is 25.3 Å². The van der Waals surface area contributed by atoms with E-state index in [1.165, 1.54) is 23.0 Å². The van der Waals surface area contributed by atoms with Crippen molar-refractivity contribution in [3.8, 4) is 0 Å². The maximum absolute atomic E-state index is 12.4. The Morgan fingerprint density at radius 1 is 1.14 bits per heavy atom. The summed E-state index contributed by atoms with van der Waals surface area (Å²) in [5.41, 5.74) is 0.323. The quantitative estimate of drug-likeness (QED) is 0.886. The first-order valence-electron chi connectivity index (χ1n) is 8.07. The highest BCUT2D eigenvalue weighted by atomic mass is 32.2. The lowest BCUT2D eigenvalue weighted by molar-refractivity contribution is 0.0923. The molecule has 0 bridgehead atoms. The van der Waals surface area contributed by atoms with Gasteiger partial charge in [-0.05, 0) is 31.7 Å². The maximum atomic E-state index is 12.4. The smallest absolute Gasteiger partial charge is 0.267 e. The molecule has 1 amide bonds. The number of sulfonamides is 1. The number of rotatable bonds is 4. The normalized spacial score (nSPS) is 21.1. The Balaban J connectivity index is 1.68. The topological polar surface area (TPSA) is 82.3 Å². The number of aromatic nitrogens is 1. The van der Waals surface area contributed by atoms with Crippen LogP contribution in [0.25, 0.3) is 0 Å². The van der Waals surface area contributed by atoms with Gasteiger partial charge in [-0.1, -0.05) is 19.3 Å². The number of aromatic amines is 1. The van der Waals surface area contributed by atoms with E-state index >= 15 is 0 Å². The molecule has 1 saturated carbocycles. The fourth-order valence-electron chi connectivity index (χ4n) is 3.24. The fraction of sp³-hybridized carbons (Fsp3) is 0.667. The molecule has 2 heterocycles. The molecule has 1 saturated heterocycles. The minimum atomic E-state index is -3.46. The zero-order valence-electron chi connectivity index (χ0n) is 12.7. The van der Waals surface area contributed by atoms with Crippen LogP contribution in [-0.4, -0.2) is 42.7 Å². The molecule has 1 aliphatic carbocycles. The third kappa shape index (κ3) is 3.20. The number of amides is 1. The first-order valence-corrected chi connectivity index (χ1v) is 9.51. The van der Waals surface area contributed by atoms with Crippen molar-refractivity contribution in [2.24, 2.45) is 0 Å². The van der Waals surface area contributed by atoms with E-state index in [9.17, 15) is 13.2 Å². The van der Waals surface area contributed by atoms with Crippen LogP contribution in [0.4, 0.5) is 0 Å². The number of nitrogens with one attached hydrogen (secondary N) is 2. The number of nitrogens with zero attached hydrogens (tertiary/aromatic N) is 1. The monoisotopic (exact) mass is 325 g/mol. The number of hydrogen-bond acceptors (Lipinski definition) is 3. The molecule has 7 heteroatoms. The van der Waals surface area contributed by atoms with Gasteiger partial charge in [-0.2, -0.15) is 4.31 Å². The first kappa shape index (κ1) is 15.6. The summed E-state index contributed by atoms with van der Waals surface area (Å²) in [5, 5.41) is 2.99. The molecule has 6 nitrogen and oxygen atoms in total. The number of H-pyrrole nitrogens is 1. The molecular formula is C15H23N3O3S. The summed E-state index contributed by atoms with van der Waals surface area (Å²) in [7, 11) is -3.46. The van der Waals surface area contributed by atoms with Gasteiger partial charge in [0.1, 0.15) is 10.6 Å². The molecule has 1 aliphatic heterocycles. The molecule has 0 unspecified atom stereocenters. The van der Waals surface area contributed by atoms with Crippen LogP contribution < -0.4 is 5.32 Å². The maximum Gasteiger partial charge on any atom is 0.267 e. The Labute approximate surface area is 131 Å². The van der Waals surface area contributed by atoms with Crippen LogP contribution in [0.3, 0.4) is 0 Å². The van der Waals surface area contributed by atoms with Crippen molar-refractivity contribution in [1.82, 2.24) is 14.6 Å². The van der Waals surface area contributed by atoms with E-state index in [1.54, 1.807) is 0 Å². The van der Waals surface area contributed by atoms with Crippen LogP contribution in [0, 0.1) is 0 Å². The van der Waals surface area contributed by atoms with Crippen LogP contribution in [0.2, 0.25) is 0 Å². The van der Waals surface area contributed by atoms with Crippen LogP contribution in [0.1, 0.15) is 55.4 Å². The first-order chi connectivity index (χ1) is 10.6. The summed E-state index contributed by atoms with van der Waals surface area (Å²) >= 11 is 0. The predicted molar refractivity (Wildman–Crippen MR) is 83.1 cm³/mol. The molecule has 1 aromatic rings. The van der Waals surface area contributed by atoms with E-state index in [2.05, 4.69) is 10.3 Å². The van der Waals surface area contributed by atoms with Gasteiger partial charge >= 0.3 is 0 Å². The summed E-state index contributed by atoms with van der Waals surface area (Å²) in [4.78, 5) is 15.2. The molecule has 2 fully saturated rings. The second-order valence-electron chi connectivity index (χ2n) is 6.17. The lowest BCUT2D eigenvalue weighted by Gasteiger charge is -2.22. The second-order valence-corrected chi connectivity index (χ2v) is 8.11. The zero-order valence-corrected chi connectivity index (χ0v) is 13.5. The highest BCUT2D eigenvalue weighted by molar-refractivity contribution is 7.89. The van der Waals surface area contributed by atoms with Crippen molar-refractivity contribution in [2.45, 2.75) is 55.9 Å². The number of carbonyl (C=O) groups excluding carboxylic acids is 1. The SMILES string of the molecule is O=C(NC1CCCCC1)c1cc(S(=O)(=O)N2CCCC2)c[nH]1. The number of hydrogen-bond donors (Lipinski definition) is 2. The van der Waals surface area contributed by atoms with Gasteiger partial charge in [0.05, 0.1) is 0 Å². The number of carbonyl (C=O) groups is 1. The van der Waals surface area contributed by atoms with E-state index in [1.807, 2.05) is 0 Å². The minimum Gasteiger partial charge on any atom is -0.356 e. The highest BCUT2D eigenvalue weighted by Crippen LogP contribution is 2.22. The Bertz CT molecular complexity index is 626. The average molecular weight is 325 g/mol. The zero-order chi connectivity index (χ0) is 15.6. The van der Waals surface area contributed by atoms with Crippen molar-refractivity contribution >= 4 is 15.9 Å². The molecule has 0 atom stereocenters. The minimum absolute atomic E-state index is 0.184. The average Bonchev–Trinajstić information content (AvgIpc) is 3.20. The van der Waals surface area contributed by atoms with E-state index in [4.69, 9.17) is 0 Å². The Hall–Kier alpha value is -1.34. The standard InChI is InChI=1S/C15H23N3O3S/c19-15(17-12-6-2-1-3-7-12)14-10-13(11-16-14)22(20,21)18-8-4-5-9-18/h10-12,16H,1-9H2,(H,17,19). The molecule has 0 aromatic carbocycles. The van der Waals surface area contributed by atoms with Gasteiger partial charge in [0.15, 0.2) is 0 Å². The van der Waals surface area contributed by atoms with Gasteiger partial charge in [0.2, 0.25) is 10.0 Å². The Kier molecular flexibility index (Phi) is 4.54.